The van der Waals surface area contributed by atoms with Gasteiger partial charge in [0.1, 0.15) is 11.6 Å². The molecule has 2 aromatic rings. The predicted molar refractivity (Wildman–Crippen MR) is 84.7 cm³/mol. The fourth-order valence-electron chi connectivity index (χ4n) is 1.94. The maximum Gasteiger partial charge on any atom is 0.265 e. The van der Waals surface area contributed by atoms with Gasteiger partial charge < -0.3 is 15.8 Å². The zero-order chi connectivity index (χ0) is 16.8. The summed E-state index contributed by atoms with van der Waals surface area (Å²) in [5.41, 5.74) is 6.05. The van der Waals surface area contributed by atoms with Crippen LogP contribution in [0.5, 0.6) is 5.75 Å². The van der Waals surface area contributed by atoms with Gasteiger partial charge in [0, 0.05) is 11.3 Å². The van der Waals surface area contributed by atoms with Crippen molar-refractivity contribution in [3.05, 3.63) is 59.9 Å². The van der Waals surface area contributed by atoms with Gasteiger partial charge >= 0.3 is 0 Å². The number of benzene rings is 2. The number of nitrogens with two attached hydrogens (primary N) is 1. The van der Waals surface area contributed by atoms with E-state index < -0.39 is 12.0 Å². The number of amides is 2. The molecule has 1 unspecified atom stereocenters. The standard InChI is InChI=1S/C17H17FN2O3/c1-2-15(23-14-9-5-12(18)6-10-14)17(22)20-13-7-3-11(4-8-13)16(19)21/h3-10,15H,2H2,1H3,(H2,19,21)(H,20,22). The molecular weight excluding hydrogens is 299 g/mol. The van der Waals surface area contributed by atoms with Crippen molar-refractivity contribution in [2.75, 3.05) is 5.32 Å². The molecule has 23 heavy (non-hydrogen) atoms. The maximum absolute atomic E-state index is 12.9. The van der Waals surface area contributed by atoms with E-state index in [9.17, 15) is 14.0 Å². The number of rotatable bonds is 6. The van der Waals surface area contributed by atoms with E-state index in [0.29, 0.717) is 23.4 Å². The summed E-state index contributed by atoms with van der Waals surface area (Å²) in [5.74, 6) is -0.820. The maximum atomic E-state index is 12.9. The van der Waals surface area contributed by atoms with Crippen LogP contribution < -0.4 is 15.8 Å². The lowest BCUT2D eigenvalue weighted by Gasteiger charge is -2.17. The second kappa shape index (κ2) is 7.40. The van der Waals surface area contributed by atoms with E-state index in [4.69, 9.17) is 10.5 Å². The Morgan fingerprint density at radius 1 is 1.13 bits per heavy atom. The minimum Gasteiger partial charge on any atom is -0.481 e. The summed E-state index contributed by atoms with van der Waals surface area (Å²) >= 11 is 0. The first-order valence-electron chi connectivity index (χ1n) is 7.12. The molecule has 3 N–H and O–H groups in total. The third-order valence-corrected chi connectivity index (χ3v) is 3.19. The monoisotopic (exact) mass is 316 g/mol. The number of carbonyl (C=O) groups is 2. The minimum absolute atomic E-state index is 0.330. The molecule has 2 amide bonds. The van der Waals surface area contributed by atoms with Crippen molar-refractivity contribution in [1.29, 1.82) is 0 Å². The summed E-state index contributed by atoms with van der Waals surface area (Å²) in [4.78, 5) is 23.2. The highest BCUT2D eigenvalue weighted by molar-refractivity contribution is 5.96. The zero-order valence-corrected chi connectivity index (χ0v) is 12.6. The summed E-state index contributed by atoms with van der Waals surface area (Å²) in [7, 11) is 0. The average Bonchev–Trinajstić information content (AvgIpc) is 2.54. The molecule has 0 aromatic heterocycles. The van der Waals surface area contributed by atoms with Crippen LogP contribution in [0.3, 0.4) is 0 Å². The summed E-state index contributed by atoms with van der Waals surface area (Å²) in [5, 5.41) is 2.70. The first kappa shape index (κ1) is 16.5. The highest BCUT2D eigenvalue weighted by atomic mass is 19.1. The number of halogens is 1. The second-order valence-electron chi connectivity index (χ2n) is 4.90. The van der Waals surface area contributed by atoms with E-state index in [1.165, 1.54) is 36.4 Å². The molecule has 2 rings (SSSR count). The topological polar surface area (TPSA) is 81.4 Å². The zero-order valence-electron chi connectivity index (χ0n) is 12.6. The lowest BCUT2D eigenvalue weighted by atomic mass is 10.2. The first-order valence-corrected chi connectivity index (χ1v) is 7.12. The third-order valence-electron chi connectivity index (χ3n) is 3.19. The van der Waals surface area contributed by atoms with Crippen molar-refractivity contribution in [3.63, 3.8) is 0 Å². The Morgan fingerprint density at radius 2 is 1.74 bits per heavy atom. The van der Waals surface area contributed by atoms with Crippen LogP contribution in [0, 0.1) is 5.82 Å². The number of nitrogens with one attached hydrogen (secondary N) is 1. The molecule has 6 heteroatoms. The van der Waals surface area contributed by atoms with Crippen molar-refractivity contribution in [2.45, 2.75) is 19.4 Å². The Bertz CT molecular complexity index is 684. The van der Waals surface area contributed by atoms with E-state index in [1.807, 2.05) is 6.92 Å². The molecule has 0 aliphatic heterocycles. The van der Waals surface area contributed by atoms with Gasteiger partial charge in [-0.2, -0.15) is 0 Å². The first-order chi connectivity index (χ1) is 11.0. The highest BCUT2D eigenvalue weighted by Gasteiger charge is 2.18. The van der Waals surface area contributed by atoms with E-state index in [2.05, 4.69) is 5.32 Å². The molecule has 0 spiro atoms. The van der Waals surface area contributed by atoms with Gasteiger partial charge in [0.15, 0.2) is 6.10 Å². The quantitative estimate of drug-likeness (QED) is 0.859. The number of ether oxygens (including phenoxy) is 1. The van der Waals surface area contributed by atoms with Crippen LogP contribution in [0.2, 0.25) is 0 Å². The fourth-order valence-corrected chi connectivity index (χ4v) is 1.94. The van der Waals surface area contributed by atoms with Gasteiger partial charge in [-0.1, -0.05) is 6.92 Å². The Morgan fingerprint density at radius 3 is 2.26 bits per heavy atom. The predicted octanol–water partition coefficient (Wildman–Crippen LogP) is 2.72. The van der Waals surface area contributed by atoms with Gasteiger partial charge in [-0.25, -0.2) is 4.39 Å². The van der Waals surface area contributed by atoms with Crippen LogP contribution in [0.25, 0.3) is 0 Å². The minimum atomic E-state index is -0.712. The molecule has 0 heterocycles. The average molecular weight is 316 g/mol. The molecule has 0 saturated heterocycles. The number of primary amides is 1. The SMILES string of the molecule is CCC(Oc1ccc(F)cc1)C(=O)Nc1ccc(C(N)=O)cc1. The Labute approximate surface area is 133 Å². The van der Waals surface area contributed by atoms with E-state index in [0.717, 1.165) is 0 Å². The molecule has 1 atom stereocenters. The molecule has 0 radical (unpaired) electrons. The molecule has 0 fully saturated rings. The molecule has 0 saturated carbocycles. The number of hydrogen-bond acceptors (Lipinski definition) is 3. The van der Waals surface area contributed by atoms with Crippen LogP contribution in [-0.4, -0.2) is 17.9 Å². The summed E-state index contributed by atoms with van der Waals surface area (Å²) in [6.45, 7) is 1.81. The summed E-state index contributed by atoms with van der Waals surface area (Å²) < 4.78 is 18.4. The Kier molecular flexibility index (Phi) is 5.30. The van der Waals surface area contributed by atoms with Gasteiger partial charge in [0.25, 0.3) is 5.91 Å². The summed E-state index contributed by atoms with van der Waals surface area (Å²) in [6.07, 6.45) is -0.265. The van der Waals surface area contributed by atoms with Crippen molar-refractivity contribution in [2.24, 2.45) is 5.73 Å². The van der Waals surface area contributed by atoms with Crippen molar-refractivity contribution < 1.29 is 18.7 Å². The largest absolute Gasteiger partial charge is 0.481 e. The lowest BCUT2D eigenvalue weighted by Crippen LogP contribution is -2.32. The highest BCUT2D eigenvalue weighted by Crippen LogP contribution is 2.16. The molecule has 2 aromatic carbocycles. The fraction of sp³-hybridized carbons (Fsp3) is 0.176. The number of carbonyl (C=O) groups excluding carboxylic acids is 2. The van der Waals surface area contributed by atoms with Gasteiger partial charge in [0.2, 0.25) is 5.91 Å². The van der Waals surface area contributed by atoms with Crippen LogP contribution in [0.1, 0.15) is 23.7 Å². The van der Waals surface area contributed by atoms with Crippen LogP contribution >= 0.6 is 0 Å². The van der Waals surface area contributed by atoms with Gasteiger partial charge in [-0.05, 0) is 55.0 Å². The third kappa shape index (κ3) is 4.54. The number of anilines is 1. The number of hydrogen-bond donors (Lipinski definition) is 2. The molecule has 0 bridgehead atoms. The second-order valence-corrected chi connectivity index (χ2v) is 4.90. The molecule has 0 aliphatic rings. The van der Waals surface area contributed by atoms with Crippen molar-refractivity contribution >= 4 is 17.5 Å². The van der Waals surface area contributed by atoms with Crippen LogP contribution in [0.15, 0.2) is 48.5 Å². The van der Waals surface area contributed by atoms with Gasteiger partial charge in [-0.3, -0.25) is 9.59 Å². The molecule has 0 aliphatic carbocycles. The van der Waals surface area contributed by atoms with Gasteiger partial charge in [-0.15, -0.1) is 0 Å². The summed E-state index contributed by atoms with van der Waals surface area (Å²) in [6, 6.07) is 11.7. The van der Waals surface area contributed by atoms with Gasteiger partial charge in [0.05, 0.1) is 0 Å². The Hall–Kier alpha value is -2.89. The van der Waals surface area contributed by atoms with Crippen LogP contribution in [0.4, 0.5) is 10.1 Å². The lowest BCUT2D eigenvalue weighted by molar-refractivity contribution is -0.122. The van der Waals surface area contributed by atoms with E-state index in [1.54, 1.807) is 12.1 Å². The van der Waals surface area contributed by atoms with Crippen molar-refractivity contribution in [3.8, 4) is 5.75 Å². The molecule has 120 valence electrons. The smallest absolute Gasteiger partial charge is 0.265 e. The van der Waals surface area contributed by atoms with E-state index in [-0.39, 0.29) is 11.7 Å². The van der Waals surface area contributed by atoms with Crippen LogP contribution in [-0.2, 0) is 4.79 Å². The molecular formula is C17H17FN2O3. The Balaban J connectivity index is 2.01. The van der Waals surface area contributed by atoms with E-state index >= 15 is 0 Å². The molecule has 5 nitrogen and oxygen atoms in total. The van der Waals surface area contributed by atoms with Crippen molar-refractivity contribution in [1.82, 2.24) is 0 Å². The normalized spacial score (nSPS) is 11.6.